The van der Waals surface area contributed by atoms with E-state index in [2.05, 4.69) is 17.0 Å². The van der Waals surface area contributed by atoms with Gasteiger partial charge in [-0.05, 0) is 62.0 Å². The molecule has 4 aliphatic rings. The minimum atomic E-state index is -0.265. The highest BCUT2D eigenvalue weighted by Crippen LogP contribution is 2.46. The standard InChI is InChI=1S/C23H29N3O/c24-13-10-20-19-6-1-2-7-21(19)26(23(20)27)18-11-14-25(15-12-18)22-16-4-3-5-17(22)9-8-16/h1-2,6-7,16-18,20,22H,3-5,8-12,14-15H2. The molecule has 1 aromatic carbocycles. The lowest BCUT2D eigenvalue weighted by molar-refractivity contribution is -0.119. The van der Waals surface area contributed by atoms with Crippen LogP contribution in [0.4, 0.5) is 5.69 Å². The number of hydrogen-bond acceptors (Lipinski definition) is 3. The Hall–Kier alpha value is -1.86. The van der Waals surface area contributed by atoms with Crippen LogP contribution in [0.3, 0.4) is 0 Å². The molecule has 2 bridgehead atoms. The van der Waals surface area contributed by atoms with Gasteiger partial charge in [-0.2, -0.15) is 5.26 Å². The fourth-order valence-corrected chi connectivity index (χ4v) is 6.55. The first-order chi connectivity index (χ1) is 13.3. The summed E-state index contributed by atoms with van der Waals surface area (Å²) in [5.41, 5.74) is 2.11. The van der Waals surface area contributed by atoms with Crippen molar-refractivity contribution >= 4 is 11.6 Å². The first kappa shape index (κ1) is 17.3. The third-order valence-corrected chi connectivity index (χ3v) is 7.71. The summed E-state index contributed by atoms with van der Waals surface area (Å²) in [6.45, 7) is 2.24. The number of nitrogens with zero attached hydrogens (tertiary/aromatic N) is 3. The van der Waals surface area contributed by atoms with Crippen LogP contribution in [-0.4, -0.2) is 36.0 Å². The Morgan fingerprint density at radius 2 is 1.70 bits per heavy atom. The molecule has 142 valence electrons. The van der Waals surface area contributed by atoms with Crippen LogP contribution >= 0.6 is 0 Å². The van der Waals surface area contributed by atoms with Gasteiger partial charge in [0, 0.05) is 30.9 Å². The molecule has 2 heterocycles. The number of likely N-dealkylation sites (tertiary alicyclic amines) is 1. The number of para-hydroxylation sites is 1. The maximum atomic E-state index is 13.1. The number of rotatable bonds is 3. The minimum Gasteiger partial charge on any atom is -0.308 e. The van der Waals surface area contributed by atoms with Crippen LogP contribution in [0.2, 0.25) is 0 Å². The zero-order valence-electron chi connectivity index (χ0n) is 16.0. The Balaban J connectivity index is 1.31. The van der Waals surface area contributed by atoms with Crippen LogP contribution in [-0.2, 0) is 4.79 Å². The summed E-state index contributed by atoms with van der Waals surface area (Å²) in [6, 6.07) is 11.4. The van der Waals surface area contributed by atoms with E-state index >= 15 is 0 Å². The van der Waals surface area contributed by atoms with E-state index < -0.39 is 0 Å². The van der Waals surface area contributed by atoms with Crippen molar-refractivity contribution in [3.05, 3.63) is 29.8 Å². The SMILES string of the molecule is N#CCC1C(=O)N(C2CCN(C3C4CCCC3CC4)CC2)c2ccccc21. The van der Waals surface area contributed by atoms with Gasteiger partial charge in [0.1, 0.15) is 0 Å². The van der Waals surface area contributed by atoms with E-state index in [9.17, 15) is 10.1 Å². The molecule has 0 radical (unpaired) electrons. The van der Waals surface area contributed by atoms with E-state index in [1.807, 2.05) is 23.1 Å². The van der Waals surface area contributed by atoms with Gasteiger partial charge in [0.2, 0.25) is 5.91 Å². The lowest BCUT2D eigenvalue weighted by Gasteiger charge is -2.44. The van der Waals surface area contributed by atoms with Crippen molar-refractivity contribution in [1.82, 2.24) is 4.90 Å². The predicted octanol–water partition coefficient (Wildman–Crippen LogP) is 4.07. The predicted molar refractivity (Wildman–Crippen MR) is 105 cm³/mol. The van der Waals surface area contributed by atoms with Crippen molar-refractivity contribution in [2.45, 2.75) is 69.4 Å². The molecule has 2 aliphatic heterocycles. The van der Waals surface area contributed by atoms with Gasteiger partial charge in [-0.1, -0.05) is 24.6 Å². The third kappa shape index (κ3) is 2.79. The van der Waals surface area contributed by atoms with E-state index in [1.54, 1.807) is 0 Å². The highest BCUT2D eigenvalue weighted by molar-refractivity contribution is 6.05. The van der Waals surface area contributed by atoms with E-state index in [1.165, 1.54) is 32.1 Å². The van der Waals surface area contributed by atoms with Crippen molar-refractivity contribution in [3.8, 4) is 6.07 Å². The number of carbonyl (C=O) groups is 1. The number of nitriles is 1. The molecule has 3 fully saturated rings. The largest absolute Gasteiger partial charge is 0.308 e. The van der Waals surface area contributed by atoms with Crippen molar-refractivity contribution < 1.29 is 4.79 Å². The van der Waals surface area contributed by atoms with Crippen molar-refractivity contribution in [2.24, 2.45) is 11.8 Å². The summed E-state index contributed by atoms with van der Waals surface area (Å²) < 4.78 is 0. The normalized spacial score (nSPS) is 33.9. The number of hydrogen-bond donors (Lipinski definition) is 0. The molecule has 2 saturated carbocycles. The van der Waals surface area contributed by atoms with Gasteiger partial charge in [0.25, 0.3) is 0 Å². The summed E-state index contributed by atoms with van der Waals surface area (Å²) in [6.07, 6.45) is 9.57. The second-order valence-corrected chi connectivity index (χ2v) is 8.97. The number of anilines is 1. The van der Waals surface area contributed by atoms with Gasteiger partial charge >= 0.3 is 0 Å². The number of amides is 1. The molecule has 0 spiro atoms. The van der Waals surface area contributed by atoms with Gasteiger partial charge in [-0.3, -0.25) is 9.69 Å². The van der Waals surface area contributed by atoms with Crippen molar-refractivity contribution in [3.63, 3.8) is 0 Å². The van der Waals surface area contributed by atoms with Gasteiger partial charge < -0.3 is 4.90 Å². The molecule has 1 amide bonds. The smallest absolute Gasteiger partial charge is 0.235 e. The Kier molecular flexibility index (Phi) is 4.44. The molecule has 1 saturated heterocycles. The van der Waals surface area contributed by atoms with E-state index in [0.29, 0.717) is 6.04 Å². The lowest BCUT2D eigenvalue weighted by Crippen LogP contribution is -2.52. The number of piperidine rings is 1. The van der Waals surface area contributed by atoms with Crippen LogP contribution in [0, 0.1) is 23.2 Å². The molecule has 5 rings (SSSR count). The van der Waals surface area contributed by atoms with Crippen molar-refractivity contribution in [2.75, 3.05) is 18.0 Å². The third-order valence-electron chi connectivity index (χ3n) is 7.71. The Bertz CT molecular complexity index is 745. The maximum Gasteiger partial charge on any atom is 0.235 e. The molecule has 0 N–H and O–H groups in total. The molecule has 0 aromatic heterocycles. The van der Waals surface area contributed by atoms with Gasteiger partial charge in [-0.15, -0.1) is 0 Å². The lowest BCUT2D eigenvalue weighted by atomic mass is 9.82. The van der Waals surface area contributed by atoms with Gasteiger partial charge in [0.05, 0.1) is 18.4 Å². The quantitative estimate of drug-likeness (QED) is 0.813. The molecule has 4 nitrogen and oxygen atoms in total. The van der Waals surface area contributed by atoms with Gasteiger partial charge in [-0.25, -0.2) is 0 Å². The summed E-state index contributed by atoms with van der Waals surface area (Å²) in [7, 11) is 0. The second kappa shape index (κ2) is 6.95. The molecular formula is C23H29N3O. The van der Waals surface area contributed by atoms with E-state index in [-0.39, 0.29) is 18.2 Å². The minimum absolute atomic E-state index is 0.147. The van der Waals surface area contributed by atoms with E-state index in [0.717, 1.165) is 55.1 Å². The molecule has 3 unspecified atom stereocenters. The first-order valence-corrected chi connectivity index (χ1v) is 10.8. The summed E-state index contributed by atoms with van der Waals surface area (Å²) in [5.74, 6) is 1.73. The monoisotopic (exact) mass is 363 g/mol. The van der Waals surface area contributed by atoms with Crippen LogP contribution in [0.25, 0.3) is 0 Å². The number of benzene rings is 1. The Morgan fingerprint density at radius 3 is 2.41 bits per heavy atom. The Morgan fingerprint density at radius 1 is 1.00 bits per heavy atom. The van der Waals surface area contributed by atoms with Gasteiger partial charge in [0.15, 0.2) is 0 Å². The summed E-state index contributed by atoms with van der Waals surface area (Å²) in [4.78, 5) is 17.9. The molecule has 2 aliphatic carbocycles. The molecule has 27 heavy (non-hydrogen) atoms. The Labute approximate surface area is 162 Å². The molecular weight excluding hydrogens is 334 g/mol. The number of fused-ring (bicyclic) bond motifs is 3. The topological polar surface area (TPSA) is 47.3 Å². The van der Waals surface area contributed by atoms with Crippen molar-refractivity contribution in [1.29, 1.82) is 5.26 Å². The van der Waals surface area contributed by atoms with E-state index in [4.69, 9.17) is 0 Å². The zero-order chi connectivity index (χ0) is 18.4. The maximum absolute atomic E-state index is 13.1. The fraction of sp³-hybridized carbons (Fsp3) is 0.652. The zero-order valence-corrected chi connectivity index (χ0v) is 16.0. The highest BCUT2D eigenvalue weighted by Gasteiger charge is 2.45. The van der Waals surface area contributed by atoms with Crippen LogP contribution in [0.1, 0.15) is 62.8 Å². The molecule has 1 aromatic rings. The van der Waals surface area contributed by atoms with Crippen LogP contribution < -0.4 is 4.90 Å². The average molecular weight is 364 g/mol. The molecule has 3 atom stereocenters. The molecule has 4 heteroatoms. The van der Waals surface area contributed by atoms with Crippen LogP contribution in [0.15, 0.2) is 24.3 Å². The fourth-order valence-electron chi connectivity index (χ4n) is 6.55. The average Bonchev–Trinajstić information content (AvgIpc) is 3.12. The second-order valence-electron chi connectivity index (χ2n) is 8.97. The van der Waals surface area contributed by atoms with Crippen LogP contribution in [0.5, 0.6) is 0 Å². The number of carbonyl (C=O) groups excluding carboxylic acids is 1. The highest BCUT2D eigenvalue weighted by atomic mass is 16.2. The summed E-state index contributed by atoms with van der Waals surface area (Å²) >= 11 is 0. The first-order valence-electron chi connectivity index (χ1n) is 10.8. The summed E-state index contributed by atoms with van der Waals surface area (Å²) in [5, 5.41) is 9.17.